The lowest BCUT2D eigenvalue weighted by Gasteiger charge is -1.99. The molecular weight excluding hydrogens is 240 g/mol. The van der Waals surface area contributed by atoms with Gasteiger partial charge >= 0.3 is 5.97 Å². The molecule has 0 aromatic carbocycles. The monoisotopic (exact) mass is 254 g/mol. The number of nitriles is 1. The van der Waals surface area contributed by atoms with E-state index in [0.717, 1.165) is 11.5 Å². The zero-order valence-corrected chi connectivity index (χ0v) is 10.7. The summed E-state index contributed by atoms with van der Waals surface area (Å²) >= 11 is 1.15. The Balaban J connectivity index is 2.77. The van der Waals surface area contributed by atoms with Gasteiger partial charge in [0, 0.05) is 31.5 Å². The molecular formula is C10H14N4O2S. The number of carbonyl (C=O) groups is 1. The van der Waals surface area contributed by atoms with Crippen LogP contribution in [0.3, 0.4) is 0 Å². The maximum atomic E-state index is 11.5. The standard InChI is InChI=1S/C10H14N4O2S/c1-3-16-9(15)8-13-17-10(14(8)2)12-7-5-4-6-11/h3-5,7H2,1-2H3. The number of carbonyl (C=O) groups excluding carboxylic acids is 1. The Morgan fingerprint density at radius 1 is 1.71 bits per heavy atom. The van der Waals surface area contributed by atoms with E-state index < -0.39 is 5.97 Å². The van der Waals surface area contributed by atoms with Crippen molar-refractivity contribution in [3.8, 4) is 6.07 Å². The summed E-state index contributed by atoms with van der Waals surface area (Å²) in [5.74, 6) is -0.180. The van der Waals surface area contributed by atoms with E-state index in [9.17, 15) is 4.79 Å². The normalized spacial score (nSPS) is 11.2. The molecule has 0 atom stereocenters. The predicted octanol–water partition coefficient (Wildman–Crippen LogP) is 0.863. The Morgan fingerprint density at radius 2 is 2.47 bits per heavy atom. The van der Waals surface area contributed by atoms with E-state index >= 15 is 0 Å². The molecule has 0 fully saturated rings. The third kappa shape index (κ3) is 3.67. The minimum absolute atomic E-state index is 0.260. The van der Waals surface area contributed by atoms with E-state index in [2.05, 4.69) is 15.4 Å². The van der Waals surface area contributed by atoms with Crippen LogP contribution in [0, 0.1) is 11.3 Å². The number of nitrogens with zero attached hydrogens (tertiary/aromatic N) is 4. The smallest absolute Gasteiger partial charge is 0.375 e. The van der Waals surface area contributed by atoms with Gasteiger partial charge in [0.25, 0.3) is 0 Å². The van der Waals surface area contributed by atoms with Crippen LogP contribution in [0.5, 0.6) is 0 Å². The SMILES string of the molecule is CCOC(=O)c1nsc(=NCCCC#N)n1C. The Hall–Kier alpha value is -1.68. The van der Waals surface area contributed by atoms with Gasteiger partial charge in [-0.1, -0.05) is 0 Å². The van der Waals surface area contributed by atoms with Crippen LogP contribution in [0.4, 0.5) is 0 Å². The number of ether oxygens (including phenoxy) is 1. The number of aromatic nitrogens is 2. The lowest BCUT2D eigenvalue weighted by molar-refractivity contribution is 0.0508. The Bertz CT molecular complexity index is 483. The Morgan fingerprint density at radius 3 is 3.12 bits per heavy atom. The first-order valence-corrected chi connectivity index (χ1v) is 6.05. The molecule has 1 aromatic heterocycles. The number of unbranched alkanes of at least 4 members (excludes halogenated alkanes) is 1. The largest absolute Gasteiger partial charge is 0.460 e. The van der Waals surface area contributed by atoms with E-state index in [1.807, 2.05) is 0 Å². The van der Waals surface area contributed by atoms with Crippen LogP contribution in [0.15, 0.2) is 4.99 Å². The molecule has 0 radical (unpaired) electrons. The van der Waals surface area contributed by atoms with Gasteiger partial charge in [-0.25, -0.2) is 4.79 Å². The quantitative estimate of drug-likeness (QED) is 0.576. The summed E-state index contributed by atoms with van der Waals surface area (Å²) < 4.78 is 10.5. The van der Waals surface area contributed by atoms with Gasteiger partial charge in [-0.2, -0.15) is 9.64 Å². The third-order valence-corrected chi connectivity index (χ3v) is 2.80. The fraction of sp³-hybridized carbons (Fsp3) is 0.600. The zero-order chi connectivity index (χ0) is 12.7. The second-order valence-corrected chi connectivity index (χ2v) is 3.94. The van der Waals surface area contributed by atoms with Gasteiger partial charge in [-0.05, 0) is 13.3 Å². The van der Waals surface area contributed by atoms with Gasteiger partial charge in [0.05, 0.1) is 12.7 Å². The first-order valence-electron chi connectivity index (χ1n) is 5.28. The molecule has 0 spiro atoms. The molecule has 0 aliphatic carbocycles. The van der Waals surface area contributed by atoms with Crippen molar-refractivity contribution in [3.05, 3.63) is 10.6 Å². The molecule has 0 saturated carbocycles. The number of esters is 1. The molecule has 92 valence electrons. The first-order chi connectivity index (χ1) is 8.20. The van der Waals surface area contributed by atoms with Crippen molar-refractivity contribution < 1.29 is 9.53 Å². The lowest BCUT2D eigenvalue weighted by Crippen LogP contribution is -2.18. The maximum absolute atomic E-state index is 11.5. The van der Waals surface area contributed by atoms with Crippen LogP contribution in [-0.4, -0.2) is 28.1 Å². The second kappa shape index (κ2) is 6.81. The molecule has 0 aliphatic heterocycles. The highest BCUT2D eigenvalue weighted by Crippen LogP contribution is 1.97. The van der Waals surface area contributed by atoms with Crippen molar-refractivity contribution >= 4 is 17.5 Å². The van der Waals surface area contributed by atoms with E-state index in [-0.39, 0.29) is 5.82 Å². The minimum Gasteiger partial charge on any atom is -0.460 e. The molecule has 1 rings (SSSR count). The molecule has 0 amide bonds. The van der Waals surface area contributed by atoms with Gasteiger partial charge in [-0.15, -0.1) is 0 Å². The molecule has 0 bridgehead atoms. The summed E-state index contributed by atoms with van der Waals surface area (Å²) in [6, 6.07) is 2.06. The molecule has 17 heavy (non-hydrogen) atoms. The van der Waals surface area contributed by atoms with Crippen LogP contribution < -0.4 is 4.80 Å². The van der Waals surface area contributed by atoms with Gasteiger partial charge in [-0.3, -0.25) is 9.56 Å². The van der Waals surface area contributed by atoms with E-state index in [4.69, 9.17) is 10.00 Å². The first kappa shape index (κ1) is 13.4. The maximum Gasteiger partial charge on any atom is 0.375 e. The summed E-state index contributed by atoms with van der Waals surface area (Å²) in [6.45, 7) is 2.63. The molecule has 0 unspecified atom stereocenters. The highest BCUT2D eigenvalue weighted by molar-refractivity contribution is 7.02. The van der Waals surface area contributed by atoms with Crippen molar-refractivity contribution in [2.75, 3.05) is 13.2 Å². The zero-order valence-electron chi connectivity index (χ0n) is 9.84. The van der Waals surface area contributed by atoms with Crippen molar-refractivity contribution in [2.24, 2.45) is 12.0 Å². The number of rotatable bonds is 5. The summed E-state index contributed by atoms with van der Waals surface area (Å²) in [5.41, 5.74) is 0. The fourth-order valence-corrected chi connectivity index (χ4v) is 1.86. The van der Waals surface area contributed by atoms with Crippen LogP contribution in [0.1, 0.15) is 30.4 Å². The summed E-state index contributed by atoms with van der Waals surface area (Å²) in [6.07, 6.45) is 1.19. The van der Waals surface area contributed by atoms with E-state index in [0.29, 0.717) is 30.8 Å². The Labute approximate surface area is 103 Å². The van der Waals surface area contributed by atoms with Crippen LogP contribution in [0.25, 0.3) is 0 Å². The summed E-state index contributed by atoms with van der Waals surface area (Å²) in [5, 5.41) is 8.39. The number of hydrogen-bond donors (Lipinski definition) is 0. The molecule has 1 aromatic rings. The van der Waals surface area contributed by atoms with Crippen molar-refractivity contribution in [2.45, 2.75) is 19.8 Å². The molecule has 0 saturated heterocycles. The van der Waals surface area contributed by atoms with Crippen LogP contribution in [0.2, 0.25) is 0 Å². The summed E-state index contributed by atoms with van der Waals surface area (Å²) in [4.78, 5) is 16.4. The van der Waals surface area contributed by atoms with Gasteiger partial charge < -0.3 is 4.74 Å². The molecule has 1 heterocycles. The summed E-state index contributed by atoms with van der Waals surface area (Å²) in [7, 11) is 1.72. The van der Waals surface area contributed by atoms with Crippen molar-refractivity contribution in [1.82, 2.24) is 8.94 Å². The molecule has 6 nitrogen and oxygen atoms in total. The average molecular weight is 254 g/mol. The topological polar surface area (TPSA) is 80.3 Å². The predicted molar refractivity (Wildman–Crippen MR) is 62.3 cm³/mol. The minimum atomic E-state index is -0.440. The Kier molecular flexibility index (Phi) is 5.36. The average Bonchev–Trinajstić information content (AvgIpc) is 2.67. The van der Waals surface area contributed by atoms with E-state index in [1.54, 1.807) is 18.5 Å². The molecule has 0 N–H and O–H groups in total. The molecule has 7 heteroatoms. The third-order valence-electron chi connectivity index (χ3n) is 1.97. The van der Waals surface area contributed by atoms with Crippen molar-refractivity contribution in [3.63, 3.8) is 0 Å². The number of hydrogen-bond acceptors (Lipinski definition) is 6. The fourth-order valence-electron chi connectivity index (χ4n) is 1.13. The lowest BCUT2D eigenvalue weighted by atomic mass is 10.3. The van der Waals surface area contributed by atoms with Gasteiger partial charge in [0.2, 0.25) is 10.6 Å². The van der Waals surface area contributed by atoms with Crippen LogP contribution >= 0.6 is 11.5 Å². The van der Waals surface area contributed by atoms with E-state index in [1.165, 1.54) is 0 Å². The van der Waals surface area contributed by atoms with Gasteiger partial charge in [0.1, 0.15) is 0 Å². The van der Waals surface area contributed by atoms with Crippen LogP contribution in [-0.2, 0) is 11.8 Å². The highest BCUT2D eigenvalue weighted by Gasteiger charge is 2.13. The molecule has 0 aliphatic rings. The van der Waals surface area contributed by atoms with Crippen molar-refractivity contribution in [1.29, 1.82) is 5.26 Å². The van der Waals surface area contributed by atoms with Gasteiger partial charge in [0.15, 0.2) is 0 Å². The second-order valence-electron chi connectivity index (χ2n) is 3.21. The highest BCUT2D eigenvalue weighted by atomic mass is 32.1.